The van der Waals surface area contributed by atoms with E-state index in [1.165, 1.54) is 38.1 Å². The Kier molecular flexibility index (Phi) is 6.15. The van der Waals surface area contributed by atoms with Gasteiger partial charge in [-0.1, -0.05) is 133 Å². The van der Waals surface area contributed by atoms with E-state index in [0.29, 0.717) is 17.5 Å². The zero-order valence-corrected chi connectivity index (χ0v) is 26.5. The molecule has 0 fully saturated rings. The topological polar surface area (TPSA) is 43.1 Å². The number of hydrogen-bond donors (Lipinski definition) is 0. The van der Waals surface area contributed by atoms with Gasteiger partial charge in [0.05, 0.1) is 16.6 Å². The Hall–Kier alpha value is -6.65. The summed E-state index contributed by atoms with van der Waals surface area (Å²) in [6, 6.07) is 59.6. The van der Waals surface area contributed by atoms with E-state index in [9.17, 15) is 0 Å². The Labute approximate surface area is 283 Å². The maximum Gasteiger partial charge on any atom is 0.164 e. The van der Waals surface area contributed by atoms with Crippen LogP contribution in [0.25, 0.3) is 94.5 Å². The molecule has 7 aromatic carbocycles. The van der Waals surface area contributed by atoms with Gasteiger partial charge in [-0.25, -0.2) is 15.0 Å². The van der Waals surface area contributed by atoms with Crippen LogP contribution in [0.15, 0.2) is 170 Å². The van der Waals surface area contributed by atoms with Gasteiger partial charge in [0.15, 0.2) is 17.5 Å². The molecule has 0 spiro atoms. The zero-order valence-electron chi connectivity index (χ0n) is 26.5. The van der Waals surface area contributed by atoms with Crippen molar-refractivity contribution < 1.29 is 0 Å². The smallest absolute Gasteiger partial charge is 0.164 e. The van der Waals surface area contributed by atoms with Crippen molar-refractivity contribution in [2.45, 2.75) is 0 Å². The van der Waals surface area contributed by atoms with Gasteiger partial charge in [0, 0.05) is 38.2 Å². The number of rotatable bonds is 5. The second-order valence-corrected chi connectivity index (χ2v) is 12.5. The maximum atomic E-state index is 5.15. The summed E-state index contributed by atoms with van der Waals surface area (Å²) in [5.41, 5.74) is 11.0. The predicted octanol–water partition coefficient (Wildman–Crippen LogP) is 11.4. The van der Waals surface area contributed by atoms with Gasteiger partial charge in [-0.2, -0.15) is 0 Å². The summed E-state index contributed by atoms with van der Waals surface area (Å²) in [5, 5.41) is 4.96. The number of nitrogens with zero attached hydrogens (tertiary/aromatic N) is 4. The highest BCUT2D eigenvalue weighted by atomic mass is 15.0. The molecule has 0 N–H and O–H groups in total. The zero-order chi connectivity index (χ0) is 32.3. The molecular formula is C45H28N4. The molecule has 10 aromatic rings. The van der Waals surface area contributed by atoms with Crippen molar-refractivity contribution in [2.75, 3.05) is 0 Å². The average Bonchev–Trinajstić information content (AvgIpc) is 3.71. The summed E-state index contributed by atoms with van der Waals surface area (Å²) in [6.07, 6.45) is 0. The Bertz CT molecular complexity index is 2720. The van der Waals surface area contributed by atoms with Gasteiger partial charge in [0.25, 0.3) is 0 Å². The van der Waals surface area contributed by atoms with E-state index < -0.39 is 0 Å². The third-order valence-corrected chi connectivity index (χ3v) is 9.57. The van der Waals surface area contributed by atoms with Crippen molar-refractivity contribution >= 4 is 38.1 Å². The molecular weight excluding hydrogens is 597 g/mol. The number of benzene rings is 7. The molecule has 0 atom stereocenters. The third kappa shape index (κ3) is 4.49. The first kappa shape index (κ1) is 27.5. The van der Waals surface area contributed by atoms with Crippen LogP contribution in [0.1, 0.15) is 0 Å². The summed E-state index contributed by atoms with van der Waals surface area (Å²) in [5.74, 6) is 1.93. The minimum atomic E-state index is 0.641. The normalized spacial score (nSPS) is 11.7. The predicted molar refractivity (Wildman–Crippen MR) is 202 cm³/mol. The highest BCUT2D eigenvalue weighted by molar-refractivity contribution is 6.23. The van der Waals surface area contributed by atoms with Crippen molar-refractivity contribution in [2.24, 2.45) is 0 Å². The molecule has 3 aromatic heterocycles. The molecule has 49 heavy (non-hydrogen) atoms. The van der Waals surface area contributed by atoms with Gasteiger partial charge in [0.1, 0.15) is 0 Å². The van der Waals surface area contributed by atoms with Crippen LogP contribution in [-0.2, 0) is 0 Å². The van der Waals surface area contributed by atoms with Crippen LogP contribution in [-0.4, -0.2) is 19.4 Å². The van der Waals surface area contributed by atoms with E-state index in [2.05, 4.69) is 162 Å². The molecule has 0 aliphatic heterocycles. The van der Waals surface area contributed by atoms with E-state index in [4.69, 9.17) is 15.0 Å². The quantitative estimate of drug-likeness (QED) is 0.191. The molecule has 0 saturated heterocycles. The summed E-state index contributed by atoms with van der Waals surface area (Å²) in [4.78, 5) is 15.4. The Balaban J connectivity index is 1.18. The molecule has 0 saturated carbocycles. The first-order valence-electron chi connectivity index (χ1n) is 16.5. The second-order valence-electron chi connectivity index (χ2n) is 12.5. The largest absolute Gasteiger partial charge is 0.308 e. The second kappa shape index (κ2) is 11.0. The van der Waals surface area contributed by atoms with Gasteiger partial charge in [-0.05, 0) is 58.7 Å². The summed E-state index contributed by atoms with van der Waals surface area (Å²) in [6.45, 7) is 0. The minimum Gasteiger partial charge on any atom is -0.308 e. The molecule has 0 aliphatic rings. The summed E-state index contributed by atoms with van der Waals surface area (Å²) < 4.78 is 2.40. The maximum absolute atomic E-state index is 5.15. The minimum absolute atomic E-state index is 0.641. The fraction of sp³-hybridized carbons (Fsp3) is 0. The van der Waals surface area contributed by atoms with E-state index in [1.54, 1.807) is 0 Å². The molecule has 0 amide bonds. The lowest BCUT2D eigenvalue weighted by molar-refractivity contribution is 1.07. The monoisotopic (exact) mass is 624 g/mol. The number of aromatic nitrogens is 4. The lowest BCUT2D eigenvalue weighted by atomic mass is 10.0. The molecule has 0 bridgehead atoms. The van der Waals surface area contributed by atoms with Crippen molar-refractivity contribution in [1.29, 1.82) is 0 Å². The van der Waals surface area contributed by atoms with E-state index in [1.807, 2.05) is 12.1 Å². The van der Waals surface area contributed by atoms with Crippen LogP contribution in [0.4, 0.5) is 0 Å². The SMILES string of the molecule is c1ccc(-c2cccc(-c3nc(-c4cccc(-c5ccccc5)c4)nc(-c4ccc5c(c4)c4cccc6c7ccccc7n5c64)n3)c2)cc1. The fourth-order valence-electron chi connectivity index (χ4n) is 7.27. The Morgan fingerprint density at radius 2 is 0.714 bits per heavy atom. The van der Waals surface area contributed by atoms with E-state index in [0.717, 1.165) is 38.9 Å². The van der Waals surface area contributed by atoms with Crippen LogP contribution in [0, 0.1) is 0 Å². The van der Waals surface area contributed by atoms with Gasteiger partial charge in [0.2, 0.25) is 0 Å². The van der Waals surface area contributed by atoms with Crippen molar-refractivity contribution in [3.63, 3.8) is 0 Å². The van der Waals surface area contributed by atoms with Crippen LogP contribution in [0.2, 0.25) is 0 Å². The van der Waals surface area contributed by atoms with Gasteiger partial charge < -0.3 is 4.40 Å². The van der Waals surface area contributed by atoms with Crippen LogP contribution in [0.3, 0.4) is 0 Å². The standard InChI is InChI=1S/C45H28N4/c1-3-12-29(13-4-1)31-16-9-18-33(26-31)43-46-44(34-19-10-17-32(27-34)30-14-5-2-6-15-30)48-45(47-43)35-24-25-41-39(28-35)38-22-11-21-37-36-20-7-8-23-40(36)49(41)42(37)38/h1-28H. The molecule has 0 unspecified atom stereocenters. The highest BCUT2D eigenvalue weighted by Crippen LogP contribution is 2.40. The average molecular weight is 625 g/mol. The lowest BCUT2D eigenvalue weighted by Gasteiger charge is -2.11. The number of fused-ring (bicyclic) bond motifs is 6. The van der Waals surface area contributed by atoms with Crippen LogP contribution >= 0.6 is 0 Å². The molecule has 4 heteroatoms. The molecule has 0 radical (unpaired) electrons. The van der Waals surface area contributed by atoms with Gasteiger partial charge in [-0.15, -0.1) is 0 Å². The highest BCUT2D eigenvalue weighted by Gasteiger charge is 2.19. The fourth-order valence-corrected chi connectivity index (χ4v) is 7.27. The molecule has 228 valence electrons. The summed E-state index contributed by atoms with van der Waals surface area (Å²) >= 11 is 0. The Morgan fingerprint density at radius 3 is 1.33 bits per heavy atom. The Morgan fingerprint density at radius 1 is 0.286 bits per heavy atom. The first-order valence-corrected chi connectivity index (χ1v) is 16.5. The van der Waals surface area contributed by atoms with Gasteiger partial charge >= 0.3 is 0 Å². The van der Waals surface area contributed by atoms with Crippen molar-refractivity contribution in [1.82, 2.24) is 19.4 Å². The van der Waals surface area contributed by atoms with Crippen molar-refractivity contribution in [3.05, 3.63) is 170 Å². The van der Waals surface area contributed by atoms with Gasteiger partial charge in [-0.3, -0.25) is 0 Å². The van der Waals surface area contributed by atoms with Crippen molar-refractivity contribution in [3.8, 4) is 56.4 Å². The molecule has 4 nitrogen and oxygen atoms in total. The molecule has 3 heterocycles. The molecule has 0 aliphatic carbocycles. The summed E-state index contributed by atoms with van der Waals surface area (Å²) in [7, 11) is 0. The van der Waals surface area contributed by atoms with Crippen LogP contribution in [0.5, 0.6) is 0 Å². The number of para-hydroxylation sites is 2. The lowest BCUT2D eigenvalue weighted by Crippen LogP contribution is -2.00. The van der Waals surface area contributed by atoms with E-state index >= 15 is 0 Å². The first-order chi connectivity index (χ1) is 24.3. The van der Waals surface area contributed by atoms with Crippen LogP contribution < -0.4 is 0 Å². The third-order valence-electron chi connectivity index (χ3n) is 9.57. The van der Waals surface area contributed by atoms with E-state index in [-0.39, 0.29) is 0 Å². The molecule has 10 rings (SSSR count). The number of hydrogen-bond acceptors (Lipinski definition) is 3.